The monoisotopic (exact) mass is 310 g/mol. The molecule has 1 aromatic rings. The number of hydrogen-bond acceptors (Lipinski definition) is 2. The van der Waals surface area contributed by atoms with Crippen molar-refractivity contribution in [2.45, 2.75) is 19.9 Å². The highest BCUT2D eigenvalue weighted by Gasteiger charge is 2.38. The zero-order valence-corrected chi connectivity index (χ0v) is 12.0. The number of hydrogen-bond donors (Lipinski definition) is 1. The summed E-state index contributed by atoms with van der Waals surface area (Å²) in [6.07, 6.45) is 0. The molecule has 5 heteroatoms. The lowest BCUT2D eigenvalue weighted by molar-refractivity contribution is -0.126. The van der Waals surface area contributed by atoms with E-state index in [4.69, 9.17) is 0 Å². The minimum atomic E-state index is -0.545. The topological polar surface area (TPSA) is 49.4 Å². The smallest absolute Gasteiger partial charge is 0.254 e. The van der Waals surface area contributed by atoms with E-state index < -0.39 is 6.04 Å². The van der Waals surface area contributed by atoms with Crippen LogP contribution in [0.15, 0.2) is 18.2 Å². The number of nitrogens with zero attached hydrogens (tertiary/aromatic N) is 1. The van der Waals surface area contributed by atoms with Crippen LogP contribution in [0.4, 0.5) is 5.69 Å². The Hall–Kier alpha value is -1.36. The van der Waals surface area contributed by atoms with Gasteiger partial charge in [-0.15, -0.1) is 0 Å². The van der Waals surface area contributed by atoms with Crippen LogP contribution in [0.1, 0.15) is 24.1 Å². The first-order valence-corrected chi connectivity index (χ1v) is 6.92. The molecule has 1 atom stereocenters. The minimum absolute atomic E-state index is 0.0612. The molecule has 0 saturated carbocycles. The molecule has 2 rings (SSSR count). The van der Waals surface area contributed by atoms with Gasteiger partial charge in [-0.1, -0.05) is 34.1 Å². The largest absolute Gasteiger partial charge is 0.341 e. The standard InChI is InChI=1S/C13H15BrN2O2/c1-8-4-3-5-10-11(15-9(2)17)13(18)16(7-6-14)12(8)10/h3-5,11H,6-7H2,1-2H3,(H,15,17)/t11-/m0/s1. The summed E-state index contributed by atoms with van der Waals surface area (Å²) in [5.41, 5.74) is 2.87. The second-order valence-electron chi connectivity index (χ2n) is 4.33. The van der Waals surface area contributed by atoms with Crippen molar-refractivity contribution in [1.82, 2.24) is 5.32 Å². The number of carbonyl (C=O) groups excluding carboxylic acids is 2. The van der Waals surface area contributed by atoms with Crippen LogP contribution < -0.4 is 10.2 Å². The third-order valence-electron chi connectivity index (χ3n) is 3.02. The molecule has 0 bridgehead atoms. The van der Waals surface area contributed by atoms with Crippen molar-refractivity contribution in [3.8, 4) is 0 Å². The van der Waals surface area contributed by atoms with Crippen molar-refractivity contribution in [3.63, 3.8) is 0 Å². The summed E-state index contributed by atoms with van der Waals surface area (Å²) in [5.74, 6) is -0.254. The zero-order valence-electron chi connectivity index (χ0n) is 10.4. The second kappa shape index (κ2) is 5.10. The summed E-state index contributed by atoms with van der Waals surface area (Å²) < 4.78 is 0. The molecule has 1 aliphatic rings. The second-order valence-corrected chi connectivity index (χ2v) is 5.12. The molecule has 0 spiro atoms. The Labute approximate surface area is 114 Å². The summed E-state index contributed by atoms with van der Waals surface area (Å²) in [6.45, 7) is 4.01. The molecule has 1 aliphatic heterocycles. The molecule has 0 fully saturated rings. The molecule has 1 heterocycles. The Kier molecular flexibility index (Phi) is 3.71. The Morgan fingerprint density at radius 2 is 2.22 bits per heavy atom. The van der Waals surface area contributed by atoms with E-state index in [1.165, 1.54) is 6.92 Å². The highest BCUT2D eigenvalue weighted by atomic mass is 79.9. The lowest BCUT2D eigenvalue weighted by Crippen LogP contribution is -2.37. The van der Waals surface area contributed by atoms with Gasteiger partial charge in [-0.2, -0.15) is 0 Å². The molecule has 1 aromatic carbocycles. The number of aryl methyl sites for hydroxylation is 1. The predicted molar refractivity (Wildman–Crippen MR) is 73.9 cm³/mol. The Morgan fingerprint density at radius 1 is 1.50 bits per heavy atom. The highest BCUT2D eigenvalue weighted by molar-refractivity contribution is 9.09. The molecule has 4 nitrogen and oxygen atoms in total. The van der Waals surface area contributed by atoms with Crippen molar-refractivity contribution in [2.75, 3.05) is 16.8 Å². The molecule has 2 amide bonds. The van der Waals surface area contributed by atoms with Gasteiger partial charge in [0, 0.05) is 24.4 Å². The molecule has 1 N–H and O–H groups in total. The van der Waals surface area contributed by atoms with Crippen LogP contribution in [0, 0.1) is 6.92 Å². The first-order valence-electron chi connectivity index (χ1n) is 5.80. The lowest BCUT2D eigenvalue weighted by atomic mass is 10.1. The molecule has 0 saturated heterocycles. The van der Waals surface area contributed by atoms with Crippen molar-refractivity contribution in [1.29, 1.82) is 0 Å². The average Bonchev–Trinajstić information content (AvgIpc) is 2.56. The van der Waals surface area contributed by atoms with Gasteiger partial charge in [0.1, 0.15) is 6.04 Å². The van der Waals surface area contributed by atoms with Gasteiger partial charge in [-0.25, -0.2) is 0 Å². The fourth-order valence-corrected chi connectivity index (χ4v) is 2.69. The third kappa shape index (κ3) is 2.14. The van der Waals surface area contributed by atoms with E-state index in [2.05, 4.69) is 21.2 Å². The predicted octanol–water partition coefficient (Wildman–Crippen LogP) is 1.91. The van der Waals surface area contributed by atoms with E-state index in [9.17, 15) is 9.59 Å². The molecular weight excluding hydrogens is 296 g/mol. The van der Waals surface area contributed by atoms with Gasteiger partial charge in [0.05, 0.1) is 5.69 Å². The molecule has 0 aromatic heterocycles. The maximum Gasteiger partial charge on any atom is 0.254 e. The van der Waals surface area contributed by atoms with E-state index in [0.717, 1.165) is 16.8 Å². The Balaban J connectivity index is 2.46. The zero-order chi connectivity index (χ0) is 13.3. The normalized spacial score (nSPS) is 17.8. The van der Waals surface area contributed by atoms with Crippen LogP contribution in [-0.2, 0) is 9.59 Å². The van der Waals surface area contributed by atoms with Gasteiger partial charge in [0.2, 0.25) is 5.91 Å². The molecule has 18 heavy (non-hydrogen) atoms. The molecule has 0 radical (unpaired) electrons. The van der Waals surface area contributed by atoms with Crippen molar-refractivity contribution in [3.05, 3.63) is 29.3 Å². The van der Waals surface area contributed by atoms with Crippen LogP contribution >= 0.6 is 15.9 Å². The quantitative estimate of drug-likeness (QED) is 0.867. The number of alkyl halides is 1. The van der Waals surface area contributed by atoms with Crippen LogP contribution in [0.3, 0.4) is 0 Å². The SMILES string of the molecule is CC(=O)N[C@@H]1C(=O)N(CCBr)c2c(C)cccc21. The van der Waals surface area contributed by atoms with Gasteiger partial charge in [0.15, 0.2) is 0 Å². The molecule has 0 aliphatic carbocycles. The summed E-state index contributed by atoms with van der Waals surface area (Å²) in [4.78, 5) is 25.3. The summed E-state index contributed by atoms with van der Waals surface area (Å²) in [6, 6.07) is 5.24. The Morgan fingerprint density at radius 3 is 2.83 bits per heavy atom. The average molecular weight is 311 g/mol. The number of fused-ring (bicyclic) bond motifs is 1. The summed E-state index contributed by atoms with van der Waals surface area (Å²) in [5, 5.41) is 3.43. The number of carbonyl (C=O) groups is 2. The van der Waals surface area contributed by atoms with E-state index in [0.29, 0.717) is 11.9 Å². The van der Waals surface area contributed by atoms with Gasteiger partial charge in [-0.3, -0.25) is 9.59 Å². The number of rotatable bonds is 3. The van der Waals surface area contributed by atoms with E-state index in [1.54, 1.807) is 4.90 Å². The number of benzene rings is 1. The first kappa shape index (κ1) is 13.1. The number of para-hydroxylation sites is 1. The van der Waals surface area contributed by atoms with Crippen molar-refractivity contribution < 1.29 is 9.59 Å². The fraction of sp³-hybridized carbons (Fsp3) is 0.385. The lowest BCUT2D eigenvalue weighted by Gasteiger charge is -2.18. The van der Waals surface area contributed by atoms with Crippen LogP contribution in [0.25, 0.3) is 0 Å². The van der Waals surface area contributed by atoms with Crippen LogP contribution in [0.2, 0.25) is 0 Å². The molecule has 0 unspecified atom stereocenters. The first-order chi connectivity index (χ1) is 8.56. The molecular formula is C13H15BrN2O2. The van der Waals surface area contributed by atoms with Gasteiger partial charge in [-0.05, 0) is 12.5 Å². The third-order valence-corrected chi connectivity index (χ3v) is 3.37. The fourth-order valence-electron chi connectivity index (χ4n) is 2.33. The van der Waals surface area contributed by atoms with E-state index >= 15 is 0 Å². The van der Waals surface area contributed by atoms with E-state index in [-0.39, 0.29) is 11.8 Å². The van der Waals surface area contributed by atoms with Crippen LogP contribution in [-0.4, -0.2) is 23.7 Å². The summed E-state index contributed by atoms with van der Waals surface area (Å²) >= 11 is 3.35. The minimum Gasteiger partial charge on any atom is -0.341 e. The maximum atomic E-state index is 12.3. The molecule has 96 valence electrons. The number of halogens is 1. The van der Waals surface area contributed by atoms with Crippen LogP contribution in [0.5, 0.6) is 0 Å². The maximum absolute atomic E-state index is 12.3. The highest BCUT2D eigenvalue weighted by Crippen LogP contribution is 2.38. The number of anilines is 1. The van der Waals surface area contributed by atoms with Crippen molar-refractivity contribution >= 4 is 33.4 Å². The summed E-state index contributed by atoms with van der Waals surface area (Å²) in [7, 11) is 0. The number of nitrogens with one attached hydrogen (secondary N) is 1. The van der Waals surface area contributed by atoms with Gasteiger partial charge >= 0.3 is 0 Å². The van der Waals surface area contributed by atoms with Gasteiger partial charge in [0.25, 0.3) is 5.91 Å². The Bertz CT molecular complexity index is 502. The number of amides is 2. The van der Waals surface area contributed by atoms with E-state index in [1.807, 2.05) is 25.1 Å². The van der Waals surface area contributed by atoms with Gasteiger partial charge < -0.3 is 10.2 Å². The van der Waals surface area contributed by atoms with Crippen molar-refractivity contribution in [2.24, 2.45) is 0 Å².